The minimum Gasteiger partial charge on any atom is -0.321 e. The molecule has 1 amide bonds. The second kappa shape index (κ2) is 5.60. The van der Waals surface area contributed by atoms with Gasteiger partial charge in [0.1, 0.15) is 0 Å². The van der Waals surface area contributed by atoms with Gasteiger partial charge in [0.2, 0.25) is 0 Å². The first-order valence-electron chi connectivity index (χ1n) is 5.59. The van der Waals surface area contributed by atoms with E-state index in [0.717, 1.165) is 6.26 Å². The number of amides is 1. The van der Waals surface area contributed by atoms with Crippen molar-refractivity contribution in [2.75, 3.05) is 11.6 Å². The lowest BCUT2D eigenvalue weighted by Gasteiger charge is -2.05. The van der Waals surface area contributed by atoms with E-state index >= 15 is 0 Å². The van der Waals surface area contributed by atoms with Crippen LogP contribution in [0.1, 0.15) is 10.4 Å². The number of nitrogens with one attached hydrogen (secondary N) is 1. The van der Waals surface area contributed by atoms with Crippen molar-refractivity contribution in [3.05, 3.63) is 53.2 Å². The molecule has 5 nitrogen and oxygen atoms in total. The van der Waals surface area contributed by atoms with Crippen molar-refractivity contribution in [2.45, 2.75) is 5.03 Å². The Morgan fingerprint density at radius 3 is 2.55 bits per heavy atom. The molecule has 0 aliphatic rings. The predicted octanol–water partition coefficient (Wildman–Crippen LogP) is 2.39. The highest BCUT2D eigenvalue weighted by Gasteiger charge is 2.10. The lowest BCUT2D eigenvalue weighted by molar-refractivity contribution is 0.102. The normalized spacial score (nSPS) is 11.1. The van der Waals surface area contributed by atoms with Gasteiger partial charge in [0.25, 0.3) is 5.91 Å². The number of carbonyl (C=O) groups is 1. The maximum atomic E-state index is 11.9. The number of anilines is 1. The highest BCUT2D eigenvalue weighted by atomic mass is 35.5. The van der Waals surface area contributed by atoms with Gasteiger partial charge in [0.15, 0.2) is 14.9 Å². The van der Waals surface area contributed by atoms with Crippen molar-refractivity contribution in [2.24, 2.45) is 0 Å². The molecule has 0 bridgehead atoms. The smallest absolute Gasteiger partial charge is 0.255 e. The number of benzene rings is 1. The number of sulfone groups is 1. The average Bonchev–Trinajstić information content (AvgIpc) is 2.38. The van der Waals surface area contributed by atoms with Gasteiger partial charge in [-0.1, -0.05) is 17.7 Å². The van der Waals surface area contributed by atoms with Crippen LogP contribution in [-0.4, -0.2) is 25.6 Å². The largest absolute Gasteiger partial charge is 0.321 e. The number of aromatic nitrogens is 1. The topological polar surface area (TPSA) is 76.1 Å². The Morgan fingerprint density at radius 2 is 2.00 bits per heavy atom. The Morgan fingerprint density at radius 1 is 1.25 bits per heavy atom. The third-order valence-electron chi connectivity index (χ3n) is 2.46. The van der Waals surface area contributed by atoms with Crippen LogP contribution in [-0.2, 0) is 9.84 Å². The van der Waals surface area contributed by atoms with E-state index in [-0.39, 0.29) is 10.9 Å². The molecule has 0 unspecified atom stereocenters. The van der Waals surface area contributed by atoms with Crippen LogP contribution in [0.25, 0.3) is 0 Å². The number of carbonyl (C=O) groups excluding carboxylic acids is 1. The zero-order valence-corrected chi connectivity index (χ0v) is 12.1. The second-order valence-electron chi connectivity index (χ2n) is 4.12. The van der Waals surface area contributed by atoms with E-state index in [9.17, 15) is 13.2 Å². The fourth-order valence-electron chi connectivity index (χ4n) is 1.51. The minimum atomic E-state index is -3.35. The van der Waals surface area contributed by atoms with E-state index in [1.807, 2.05) is 0 Å². The van der Waals surface area contributed by atoms with Gasteiger partial charge in [-0.15, -0.1) is 0 Å². The van der Waals surface area contributed by atoms with E-state index in [1.165, 1.54) is 24.4 Å². The van der Waals surface area contributed by atoms with Crippen molar-refractivity contribution in [1.82, 2.24) is 4.98 Å². The maximum absolute atomic E-state index is 11.9. The zero-order valence-electron chi connectivity index (χ0n) is 10.5. The predicted molar refractivity (Wildman–Crippen MR) is 76.8 cm³/mol. The molecule has 20 heavy (non-hydrogen) atoms. The van der Waals surface area contributed by atoms with Crippen LogP contribution < -0.4 is 5.32 Å². The summed E-state index contributed by atoms with van der Waals surface area (Å²) in [5, 5.41) is 3.03. The zero-order chi connectivity index (χ0) is 14.8. The quantitative estimate of drug-likeness (QED) is 0.944. The standard InChI is InChI=1S/C13H11ClN2O3S/c1-20(18,19)12-6-5-11(8-15-12)16-13(17)9-3-2-4-10(14)7-9/h2-8H,1H3,(H,16,17). The number of pyridine rings is 1. The second-order valence-corrected chi connectivity index (χ2v) is 6.52. The highest BCUT2D eigenvalue weighted by molar-refractivity contribution is 7.90. The van der Waals surface area contributed by atoms with E-state index < -0.39 is 9.84 Å². The van der Waals surface area contributed by atoms with Crippen LogP contribution in [0.15, 0.2) is 47.6 Å². The monoisotopic (exact) mass is 310 g/mol. The molecule has 1 N–H and O–H groups in total. The first kappa shape index (κ1) is 14.5. The summed E-state index contributed by atoms with van der Waals surface area (Å²) in [4.78, 5) is 15.7. The Bertz CT molecular complexity index is 742. The number of hydrogen-bond acceptors (Lipinski definition) is 4. The Labute approximate surface area is 121 Å². The molecule has 0 aliphatic heterocycles. The Kier molecular flexibility index (Phi) is 4.06. The number of halogens is 1. The van der Waals surface area contributed by atoms with Gasteiger partial charge >= 0.3 is 0 Å². The Hall–Kier alpha value is -1.92. The molecule has 7 heteroatoms. The van der Waals surface area contributed by atoms with Crippen molar-refractivity contribution < 1.29 is 13.2 Å². The number of nitrogens with zero attached hydrogens (tertiary/aromatic N) is 1. The van der Waals surface area contributed by atoms with Crippen molar-refractivity contribution in [3.8, 4) is 0 Å². The van der Waals surface area contributed by atoms with Crippen LogP contribution in [0.4, 0.5) is 5.69 Å². The summed E-state index contributed by atoms with van der Waals surface area (Å²) in [6.45, 7) is 0. The number of rotatable bonds is 3. The summed E-state index contributed by atoms with van der Waals surface area (Å²) < 4.78 is 22.5. The van der Waals surface area contributed by atoms with E-state index in [0.29, 0.717) is 16.3 Å². The maximum Gasteiger partial charge on any atom is 0.255 e. The van der Waals surface area contributed by atoms with Gasteiger partial charge in [-0.25, -0.2) is 13.4 Å². The van der Waals surface area contributed by atoms with E-state index in [4.69, 9.17) is 11.6 Å². The van der Waals surface area contributed by atoms with Gasteiger partial charge in [-0.05, 0) is 30.3 Å². The molecular weight excluding hydrogens is 300 g/mol. The van der Waals surface area contributed by atoms with Gasteiger partial charge in [-0.3, -0.25) is 4.79 Å². The molecular formula is C13H11ClN2O3S. The van der Waals surface area contributed by atoms with Crippen molar-refractivity contribution in [3.63, 3.8) is 0 Å². The van der Waals surface area contributed by atoms with Crippen molar-refractivity contribution >= 4 is 33.0 Å². The third kappa shape index (κ3) is 3.55. The van der Waals surface area contributed by atoms with Crippen molar-refractivity contribution in [1.29, 1.82) is 0 Å². The summed E-state index contributed by atoms with van der Waals surface area (Å²) >= 11 is 5.80. The molecule has 1 heterocycles. The third-order valence-corrected chi connectivity index (χ3v) is 3.70. The fourth-order valence-corrected chi connectivity index (χ4v) is 2.26. The van der Waals surface area contributed by atoms with Gasteiger partial charge in [0, 0.05) is 16.8 Å². The molecule has 0 fully saturated rings. The van der Waals surface area contributed by atoms with Gasteiger partial charge < -0.3 is 5.32 Å². The highest BCUT2D eigenvalue weighted by Crippen LogP contribution is 2.14. The molecule has 1 aromatic carbocycles. The van der Waals surface area contributed by atoms with Crippen LogP contribution in [0.2, 0.25) is 5.02 Å². The summed E-state index contributed by atoms with van der Waals surface area (Å²) in [7, 11) is -3.35. The van der Waals surface area contributed by atoms with Crippen LogP contribution in [0.3, 0.4) is 0 Å². The first-order valence-corrected chi connectivity index (χ1v) is 7.86. The summed E-state index contributed by atoms with van der Waals surface area (Å²) in [5.74, 6) is -0.346. The molecule has 2 aromatic rings. The van der Waals surface area contributed by atoms with Crippen LogP contribution >= 0.6 is 11.6 Å². The lowest BCUT2D eigenvalue weighted by atomic mass is 10.2. The minimum absolute atomic E-state index is 0.0433. The fraction of sp³-hybridized carbons (Fsp3) is 0.0769. The SMILES string of the molecule is CS(=O)(=O)c1ccc(NC(=O)c2cccc(Cl)c2)cn1. The molecule has 1 aromatic heterocycles. The van der Waals surface area contributed by atoms with E-state index in [2.05, 4.69) is 10.3 Å². The molecule has 0 aliphatic carbocycles. The van der Waals surface area contributed by atoms with Crippen LogP contribution in [0, 0.1) is 0 Å². The molecule has 0 saturated heterocycles. The summed E-state index contributed by atoms with van der Waals surface area (Å²) in [5.41, 5.74) is 0.812. The molecule has 0 radical (unpaired) electrons. The number of hydrogen-bond donors (Lipinski definition) is 1. The average molecular weight is 311 g/mol. The van der Waals surface area contributed by atoms with Gasteiger partial charge in [0.05, 0.1) is 11.9 Å². The molecule has 0 atom stereocenters. The molecule has 0 saturated carbocycles. The molecule has 0 spiro atoms. The summed E-state index contributed by atoms with van der Waals surface area (Å²) in [6.07, 6.45) is 2.36. The molecule has 104 valence electrons. The molecule has 2 rings (SSSR count). The van der Waals surface area contributed by atoms with Crippen LogP contribution in [0.5, 0.6) is 0 Å². The van der Waals surface area contributed by atoms with E-state index in [1.54, 1.807) is 18.2 Å². The Balaban J connectivity index is 2.16. The lowest BCUT2D eigenvalue weighted by Crippen LogP contribution is -2.12. The summed E-state index contributed by atoms with van der Waals surface area (Å²) in [6, 6.07) is 9.31. The van der Waals surface area contributed by atoms with Gasteiger partial charge in [-0.2, -0.15) is 0 Å². The first-order chi connectivity index (χ1) is 9.36.